The Morgan fingerprint density at radius 1 is 1.08 bits per heavy atom. The van der Waals surface area contributed by atoms with E-state index in [9.17, 15) is 18.5 Å². The monoisotopic (exact) mass is 372 g/mol. The maximum absolute atomic E-state index is 12.8. The fourth-order valence-corrected chi connectivity index (χ4v) is 3.92. The summed E-state index contributed by atoms with van der Waals surface area (Å²) >= 11 is 0. The van der Waals surface area contributed by atoms with Crippen LogP contribution in [-0.4, -0.2) is 23.1 Å². The molecule has 9 heteroatoms. The van der Waals surface area contributed by atoms with Crippen molar-refractivity contribution in [2.45, 2.75) is 18.7 Å². The van der Waals surface area contributed by atoms with Crippen LogP contribution in [0, 0.1) is 24.0 Å². The van der Waals surface area contributed by atoms with Gasteiger partial charge in [0.15, 0.2) is 0 Å². The van der Waals surface area contributed by atoms with E-state index in [0.29, 0.717) is 11.4 Å². The van der Waals surface area contributed by atoms with Gasteiger partial charge in [-0.15, -0.1) is 0 Å². The Morgan fingerprint density at radius 3 is 2.42 bits per heavy atom. The molecular weight excluding hydrogens is 356 g/mol. The second kappa shape index (κ2) is 6.60. The molecule has 0 radical (unpaired) electrons. The molecule has 1 heterocycles. The first-order valence-electron chi connectivity index (χ1n) is 7.68. The zero-order chi connectivity index (χ0) is 18.9. The number of nitrogens with zero attached hydrogens (tertiary/aromatic N) is 3. The molecule has 1 aromatic heterocycles. The van der Waals surface area contributed by atoms with Crippen LogP contribution in [0.25, 0.3) is 5.69 Å². The van der Waals surface area contributed by atoms with Crippen molar-refractivity contribution in [2.75, 3.05) is 4.72 Å². The van der Waals surface area contributed by atoms with Gasteiger partial charge in [-0.2, -0.15) is 5.10 Å². The SMILES string of the molecule is Cc1cc(NS(=O)(=O)c2cccc([N+](=O)[O-])c2C)n(-c2ccccc2)n1. The Hall–Kier alpha value is -3.20. The van der Waals surface area contributed by atoms with Crippen molar-refractivity contribution in [1.82, 2.24) is 9.78 Å². The molecule has 2 aromatic carbocycles. The second-order valence-corrected chi connectivity index (χ2v) is 7.33. The van der Waals surface area contributed by atoms with Gasteiger partial charge in [-0.3, -0.25) is 14.8 Å². The van der Waals surface area contributed by atoms with Crippen LogP contribution in [0.3, 0.4) is 0 Å². The Morgan fingerprint density at radius 2 is 1.77 bits per heavy atom. The van der Waals surface area contributed by atoms with E-state index in [1.807, 2.05) is 18.2 Å². The second-order valence-electron chi connectivity index (χ2n) is 5.68. The quantitative estimate of drug-likeness (QED) is 0.547. The summed E-state index contributed by atoms with van der Waals surface area (Å²) < 4.78 is 29.6. The topological polar surface area (TPSA) is 107 Å². The number of hydrogen-bond acceptors (Lipinski definition) is 5. The first-order valence-corrected chi connectivity index (χ1v) is 9.17. The Labute approximate surface area is 150 Å². The number of para-hydroxylation sites is 1. The summed E-state index contributed by atoms with van der Waals surface area (Å²) in [6.07, 6.45) is 0. The molecule has 3 aromatic rings. The number of sulfonamides is 1. The maximum Gasteiger partial charge on any atom is 0.273 e. The predicted octanol–water partition coefficient (Wildman–Crippen LogP) is 3.20. The Bertz CT molecular complexity index is 1080. The van der Waals surface area contributed by atoms with Gasteiger partial charge in [-0.05, 0) is 32.0 Å². The highest BCUT2D eigenvalue weighted by Gasteiger charge is 2.24. The molecule has 134 valence electrons. The zero-order valence-corrected chi connectivity index (χ0v) is 14.9. The minimum Gasteiger partial charge on any atom is -0.263 e. The summed E-state index contributed by atoms with van der Waals surface area (Å²) in [5.41, 5.74) is 1.14. The average Bonchev–Trinajstić information content (AvgIpc) is 2.95. The average molecular weight is 372 g/mol. The van der Waals surface area contributed by atoms with Crippen molar-refractivity contribution in [1.29, 1.82) is 0 Å². The van der Waals surface area contributed by atoms with Crippen molar-refractivity contribution in [3.63, 3.8) is 0 Å². The van der Waals surface area contributed by atoms with Crippen LogP contribution >= 0.6 is 0 Å². The Kier molecular flexibility index (Phi) is 4.47. The number of hydrogen-bond donors (Lipinski definition) is 1. The predicted molar refractivity (Wildman–Crippen MR) is 96.9 cm³/mol. The number of aromatic nitrogens is 2. The van der Waals surface area contributed by atoms with Crippen molar-refractivity contribution in [3.8, 4) is 5.69 Å². The standard InChI is InChI=1S/C17H16N4O4S/c1-12-11-17(20(18-12)14-7-4-3-5-8-14)19-26(24,25)16-10-6-9-15(13(16)2)21(22)23/h3-11,19H,1-2H3. The molecule has 3 rings (SSSR count). The van der Waals surface area contributed by atoms with Crippen molar-refractivity contribution < 1.29 is 13.3 Å². The molecule has 0 saturated heterocycles. The summed E-state index contributed by atoms with van der Waals surface area (Å²) in [4.78, 5) is 10.3. The van der Waals surface area contributed by atoms with Crippen LogP contribution in [0.15, 0.2) is 59.5 Å². The molecule has 0 aliphatic heterocycles. The van der Waals surface area contributed by atoms with E-state index in [1.54, 1.807) is 25.1 Å². The normalized spacial score (nSPS) is 11.3. The van der Waals surface area contributed by atoms with Crippen molar-refractivity contribution >= 4 is 21.5 Å². The number of nitro benzene ring substituents is 1. The number of rotatable bonds is 5. The van der Waals surface area contributed by atoms with Gasteiger partial charge >= 0.3 is 0 Å². The molecule has 1 N–H and O–H groups in total. The molecule has 0 atom stereocenters. The molecule has 8 nitrogen and oxygen atoms in total. The van der Waals surface area contributed by atoms with Crippen LogP contribution in [-0.2, 0) is 10.0 Å². The van der Waals surface area contributed by atoms with Crippen molar-refractivity contribution in [2.24, 2.45) is 0 Å². The molecule has 0 aliphatic carbocycles. The van der Waals surface area contributed by atoms with Gasteiger partial charge in [0, 0.05) is 17.7 Å². The number of nitrogens with one attached hydrogen (secondary N) is 1. The zero-order valence-electron chi connectivity index (χ0n) is 14.1. The lowest BCUT2D eigenvalue weighted by Crippen LogP contribution is -2.17. The van der Waals surface area contributed by atoms with Crippen LogP contribution in [0.2, 0.25) is 0 Å². The van der Waals surface area contributed by atoms with Gasteiger partial charge in [-0.1, -0.05) is 24.3 Å². The van der Waals surface area contributed by atoms with Crippen molar-refractivity contribution in [3.05, 3.63) is 76.0 Å². The van der Waals surface area contributed by atoms with Gasteiger partial charge in [0.05, 0.1) is 21.2 Å². The first kappa shape index (κ1) is 17.6. The van der Waals surface area contributed by atoms with Gasteiger partial charge in [0.25, 0.3) is 15.7 Å². The molecule has 0 unspecified atom stereocenters. The lowest BCUT2D eigenvalue weighted by atomic mass is 10.2. The third-order valence-corrected chi connectivity index (χ3v) is 5.31. The number of aryl methyl sites for hydroxylation is 1. The van der Waals surface area contributed by atoms with E-state index < -0.39 is 14.9 Å². The highest BCUT2D eigenvalue weighted by Crippen LogP contribution is 2.27. The molecule has 0 saturated carbocycles. The van der Waals surface area contributed by atoms with E-state index in [1.165, 1.54) is 29.8 Å². The minimum absolute atomic E-state index is 0.0764. The summed E-state index contributed by atoms with van der Waals surface area (Å²) in [6, 6.07) is 14.6. The van der Waals surface area contributed by atoms with E-state index in [4.69, 9.17) is 0 Å². The number of nitro groups is 1. The summed E-state index contributed by atoms with van der Waals surface area (Å²) in [5.74, 6) is 0.250. The van der Waals surface area contributed by atoms with Crippen LogP contribution in [0.5, 0.6) is 0 Å². The summed E-state index contributed by atoms with van der Waals surface area (Å²) in [6.45, 7) is 3.16. The number of anilines is 1. The van der Waals surface area contributed by atoms with E-state index in [-0.39, 0.29) is 22.0 Å². The minimum atomic E-state index is -4.03. The van der Waals surface area contributed by atoms with Crippen LogP contribution in [0.4, 0.5) is 11.5 Å². The lowest BCUT2D eigenvalue weighted by Gasteiger charge is -2.12. The van der Waals surface area contributed by atoms with E-state index in [0.717, 1.165) is 0 Å². The largest absolute Gasteiger partial charge is 0.273 e. The molecule has 0 bridgehead atoms. The van der Waals surface area contributed by atoms with Gasteiger partial charge < -0.3 is 0 Å². The summed E-state index contributed by atoms with van der Waals surface area (Å²) in [7, 11) is -4.03. The highest BCUT2D eigenvalue weighted by atomic mass is 32.2. The van der Waals surface area contributed by atoms with Gasteiger partial charge in [0.1, 0.15) is 5.82 Å². The third-order valence-electron chi connectivity index (χ3n) is 3.81. The lowest BCUT2D eigenvalue weighted by molar-refractivity contribution is -0.385. The molecule has 0 fully saturated rings. The van der Waals surface area contributed by atoms with E-state index in [2.05, 4.69) is 9.82 Å². The smallest absolute Gasteiger partial charge is 0.263 e. The molecule has 0 spiro atoms. The maximum atomic E-state index is 12.8. The van der Waals surface area contributed by atoms with Gasteiger partial charge in [-0.25, -0.2) is 13.1 Å². The summed E-state index contributed by atoms with van der Waals surface area (Å²) in [5, 5.41) is 15.4. The van der Waals surface area contributed by atoms with E-state index >= 15 is 0 Å². The molecule has 0 aliphatic rings. The fourth-order valence-electron chi connectivity index (χ4n) is 2.62. The molecular formula is C17H16N4O4S. The molecule has 0 amide bonds. The van der Waals surface area contributed by atoms with Crippen LogP contribution in [0.1, 0.15) is 11.3 Å². The fraction of sp³-hybridized carbons (Fsp3) is 0.118. The third kappa shape index (κ3) is 3.29. The number of benzene rings is 2. The van der Waals surface area contributed by atoms with Gasteiger partial charge in [0.2, 0.25) is 0 Å². The van der Waals surface area contributed by atoms with Crippen LogP contribution < -0.4 is 4.72 Å². The molecule has 26 heavy (non-hydrogen) atoms. The first-order chi connectivity index (χ1) is 12.3. The Balaban J connectivity index is 2.05. The highest BCUT2D eigenvalue weighted by molar-refractivity contribution is 7.92.